The predicted molar refractivity (Wildman–Crippen MR) is 271 cm³/mol. The number of unbranched alkanes of at least 4 members (excludes halogenated alkanes) is 11. The van der Waals surface area contributed by atoms with Crippen molar-refractivity contribution in [3.05, 3.63) is 59.2 Å². The number of phosphoric acid groups is 2. The molecular formula is C50H83N3O18P2. The number of esters is 2. The van der Waals surface area contributed by atoms with Gasteiger partial charge in [0.2, 0.25) is 0 Å². The first kappa shape index (κ1) is 63.9. The number of ketones is 1. The van der Waals surface area contributed by atoms with Crippen LogP contribution in [-0.2, 0) is 51.1 Å². The Morgan fingerprint density at radius 1 is 0.863 bits per heavy atom. The predicted octanol–water partition coefficient (Wildman–Crippen LogP) is 7.37. The molecule has 416 valence electrons. The van der Waals surface area contributed by atoms with Gasteiger partial charge in [0, 0.05) is 31.4 Å². The summed E-state index contributed by atoms with van der Waals surface area (Å²) >= 11 is 0. The Bertz CT molecular complexity index is 2040. The highest BCUT2D eigenvalue weighted by molar-refractivity contribution is 7.61. The zero-order valence-corrected chi connectivity index (χ0v) is 44.4. The van der Waals surface area contributed by atoms with E-state index in [2.05, 4.69) is 40.5 Å². The van der Waals surface area contributed by atoms with Crippen LogP contribution >= 0.6 is 15.6 Å². The van der Waals surface area contributed by atoms with E-state index in [0.717, 1.165) is 55.9 Å². The summed E-state index contributed by atoms with van der Waals surface area (Å²) < 4.78 is 58.9. The molecular weight excluding hydrogens is 993 g/mol. The highest BCUT2D eigenvalue weighted by Gasteiger charge is 2.45. The van der Waals surface area contributed by atoms with Crippen molar-refractivity contribution in [2.24, 2.45) is 11.8 Å². The minimum absolute atomic E-state index is 0.0539. The number of aliphatic hydroxyl groups is 4. The van der Waals surface area contributed by atoms with E-state index in [0.29, 0.717) is 38.5 Å². The van der Waals surface area contributed by atoms with Crippen LogP contribution in [0.5, 0.6) is 0 Å². The Morgan fingerprint density at radius 3 is 2.18 bits per heavy atom. The molecule has 1 aromatic rings. The molecule has 2 aliphatic rings. The molecule has 11 atom stereocenters. The van der Waals surface area contributed by atoms with Crippen molar-refractivity contribution in [1.82, 2.24) is 9.55 Å². The monoisotopic (exact) mass is 1080 g/mol. The fourth-order valence-electron chi connectivity index (χ4n) is 8.44. The number of nitrogen functional groups attached to an aromatic ring is 1. The number of cyclic esters (lactones) is 1. The average Bonchev–Trinajstić information content (AvgIpc) is 3.33. The van der Waals surface area contributed by atoms with E-state index < -0.39 is 120 Å². The quantitative estimate of drug-likeness (QED) is 0.0185. The number of nitrogens with zero attached hydrogens (tertiary/aromatic N) is 2. The van der Waals surface area contributed by atoms with Crippen molar-refractivity contribution < 1.29 is 81.3 Å². The third-order valence-corrected chi connectivity index (χ3v) is 15.2. The first-order chi connectivity index (χ1) is 34.9. The minimum atomic E-state index is -5.71. The van der Waals surface area contributed by atoms with Crippen molar-refractivity contribution >= 4 is 39.2 Å². The van der Waals surface area contributed by atoms with E-state index in [1.807, 2.05) is 6.92 Å². The van der Waals surface area contributed by atoms with Crippen LogP contribution in [0, 0.1) is 11.8 Å². The van der Waals surface area contributed by atoms with Crippen LogP contribution < -0.4 is 11.4 Å². The average molecular weight is 1080 g/mol. The summed E-state index contributed by atoms with van der Waals surface area (Å²) in [6.07, 6.45) is 15.1. The standard InChI is InChI=1S/C50H83N3O18P2/c1-3-5-7-8-9-10-11-12-13-14-15-16-17-18-23-27-45(57)66-34-38-35-67-72(62,63)71-73(64,65)68-36-43-48(60)47(59)39(30-29-37(54)25-21-6-4-2)41(55)33-42(56)40(26-22-19-20-24-28-46(58)69-38)49(70-43)53-32-31-44(51)52-50(53)61/h10-13,29-32,37-40,42-43,47-49,54,56,59-60H,3-9,14-28,33-36H2,1-2H3,(H,62,63)(H,64,65)(H2,51,52,61)/b11-10-,13-12-,30-29-/t37-,38+,39-,40-,42-,43+,47-,48+,49+/m0/s1. The molecule has 1 aromatic heterocycles. The number of allylic oxidation sites excluding steroid dienone is 4. The summed E-state index contributed by atoms with van der Waals surface area (Å²) in [5.74, 6) is -5.05. The molecule has 8 N–H and O–H groups in total. The number of aliphatic hydroxyl groups excluding tert-OH is 4. The number of phosphoric ester groups is 2. The number of fused-ring (bicyclic) bond motifs is 3. The number of carbonyl (C=O) groups excluding carboxylic acids is 3. The molecule has 2 bridgehead atoms. The molecule has 23 heteroatoms. The highest BCUT2D eigenvalue weighted by atomic mass is 31.3. The summed E-state index contributed by atoms with van der Waals surface area (Å²) in [4.78, 5) is 78.1. The van der Waals surface area contributed by atoms with Gasteiger partial charge in [0.05, 0.1) is 37.4 Å². The maximum absolute atomic E-state index is 14.0. The smallest absolute Gasteiger partial charge is 0.462 e. The zero-order chi connectivity index (χ0) is 53.7. The number of aromatic nitrogens is 2. The summed E-state index contributed by atoms with van der Waals surface area (Å²) in [5, 5.41) is 45.7. The second kappa shape index (κ2) is 35.0. The molecule has 21 nitrogen and oxygen atoms in total. The lowest BCUT2D eigenvalue weighted by Gasteiger charge is -2.39. The molecule has 2 aliphatic heterocycles. The molecule has 73 heavy (non-hydrogen) atoms. The normalized spacial score (nSPS) is 29.4. The third kappa shape index (κ3) is 25.8. The van der Waals surface area contributed by atoms with Crippen LogP contribution in [0.3, 0.4) is 0 Å². The summed E-state index contributed by atoms with van der Waals surface area (Å²) in [7, 11) is -11.3. The maximum Gasteiger partial charge on any atom is 0.481 e. The number of hydrogen-bond donors (Lipinski definition) is 7. The third-order valence-electron chi connectivity index (χ3n) is 12.6. The van der Waals surface area contributed by atoms with Gasteiger partial charge in [-0.05, 0) is 57.4 Å². The van der Waals surface area contributed by atoms with E-state index in [1.165, 1.54) is 50.1 Å². The van der Waals surface area contributed by atoms with Crippen LogP contribution in [0.1, 0.15) is 168 Å². The lowest BCUT2D eigenvalue weighted by atomic mass is 9.83. The van der Waals surface area contributed by atoms with Crippen LogP contribution in [0.25, 0.3) is 0 Å². The summed E-state index contributed by atoms with van der Waals surface area (Å²) in [6.45, 7) is 1.46. The Kier molecular flexibility index (Phi) is 30.6. The number of carbonyl (C=O) groups is 3. The number of rotatable bonds is 23. The Hall–Kier alpha value is -3.43. The molecule has 0 saturated carbocycles. The Balaban J connectivity index is 1.77. The van der Waals surface area contributed by atoms with Crippen LogP contribution in [0.2, 0.25) is 0 Å². The van der Waals surface area contributed by atoms with E-state index in [4.69, 9.17) is 29.0 Å². The molecule has 2 unspecified atom stereocenters. The number of nitrogens with two attached hydrogens (primary N) is 1. The van der Waals surface area contributed by atoms with Gasteiger partial charge in [-0.2, -0.15) is 9.29 Å². The number of hydrogen-bond acceptors (Lipinski definition) is 18. The van der Waals surface area contributed by atoms with Gasteiger partial charge in [0.25, 0.3) is 0 Å². The first-order valence-electron chi connectivity index (χ1n) is 26.1. The molecule has 2 saturated heterocycles. The van der Waals surface area contributed by atoms with Gasteiger partial charge in [-0.1, -0.05) is 127 Å². The van der Waals surface area contributed by atoms with Crippen LogP contribution in [0.4, 0.5) is 5.82 Å². The topological polar surface area (TPSA) is 323 Å². The van der Waals surface area contributed by atoms with Gasteiger partial charge >= 0.3 is 33.3 Å². The fourth-order valence-corrected chi connectivity index (χ4v) is 10.6. The molecule has 0 radical (unpaired) electrons. The van der Waals surface area contributed by atoms with E-state index in [9.17, 15) is 58.5 Å². The van der Waals surface area contributed by atoms with Gasteiger partial charge in [-0.3, -0.25) is 28.0 Å². The molecule has 0 aromatic carbocycles. The highest BCUT2D eigenvalue weighted by Crippen LogP contribution is 2.60. The molecule has 0 amide bonds. The second-order valence-electron chi connectivity index (χ2n) is 18.8. The van der Waals surface area contributed by atoms with Gasteiger partial charge in [0.1, 0.15) is 36.6 Å². The summed E-state index contributed by atoms with van der Waals surface area (Å²) in [6, 6.07) is 1.24. The zero-order valence-electron chi connectivity index (χ0n) is 42.6. The van der Waals surface area contributed by atoms with Crippen LogP contribution in [-0.4, -0.2) is 114 Å². The number of Topliss-reactive ketones (excluding diaryl/α,β-unsaturated/α-hetero) is 1. The first-order valence-corrected chi connectivity index (χ1v) is 29.1. The SMILES string of the molecule is CCCCCC/C=C\C=C/CCCCCCCC(=O)OC[C@@H]1COP(=O)(O)OP(=O)(O)OC[C@H]2O[C@@H](n3ccc(N)nc3=O)[C@@H](CCCCCCC(=O)O1)[C@@H](O)CC(=O)[C@H](/C=C\[C@@H](O)CCCCC)[C@H](O)[C@@H]2O. The summed E-state index contributed by atoms with van der Waals surface area (Å²) in [5.41, 5.74) is 4.77. The van der Waals surface area contributed by atoms with Crippen LogP contribution in [0.15, 0.2) is 53.5 Å². The van der Waals surface area contributed by atoms with E-state index in [-0.39, 0.29) is 31.5 Å². The van der Waals surface area contributed by atoms with E-state index >= 15 is 0 Å². The minimum Gasteiger partial charge on any atom is -0.462 e. The fraction of sp³-hybridized carbons (Fsp3) is 0.740. The molecule has 2 fully saturated rings. The number of ether oxygens (including phenoxy) is 3. The van der Waals surface area contributed by atoms with Gasteiger partial charge in [-0.25, -0.2) is 13.9 Å². The Morgan fingerprint density at radius 2 is 1.49 bits per heavy atom. The lowest BCUT2D eigenvalue weighted by Crippen LogP contribution is -2.51. The van der Waals surface area contributed by atoms with Crippen molar-refractivity contribution in [3.8, 4) is 0 Å². The molecule has 0 spiro atoms. The lowest BCUT2D eigenvalue weighted by molar-refractivity contribution is -0.188. The van der Waals surface area contributed by atoms with E-state index in [1.54, 1.807) is 0 Å². The van der Waals surface area contributed by atoms with Gasteiger partial charge in [0.15, 0.2) is 6.10 Å². The van der Waals surface area contributed by atoms with Crippen molar-refractivity contribution in [2.45, 2.75) is 204 Å². The molecule has 3 heterocycles. The largest absolute Gasteiger partial charge is 0.481 e. The second-order valence-corrected chi connectivity index (χ2v) is 21.9. The number of anilines is 1. The van der Waals surface area contributed by atoms with Crippen molar-refractivity contribution in [1.29, 1.82) is 0 Å². The molecule has 0 aliphatic carbocycles. The Labute approximate surface area is 429 Å². The van der Waals surface area contributed by atoms with Gasteiger partial charge in [-0.15, -0.1) is 0 Å². The van der Waals surface area contributed by atoms with Gasteiger partial charge < -0.3 is 50.2 Å². The maximum atomic E-state index is 14.0. The van der Waals surface area contributed by atoms with Crippen molar-refractivity contribution in [3.63, 3.8) is 0 Å². The van der Waals surface area contributed by atoms with Crippen molar-refractivity contribution in [2.75, 3.05) is 25.6 Å². The molecule has 3 rings (SSSR count).